The molecule has 0 aliphatic rings. The van der Waals surface area contributed by atoms with Crippen molar-refractivity contribution >= 4 is 27.8 Å². The molecule has 0 spiro atoms. The molecule has 1 heterocycles. The molecule has 0 fully saturated rings. The minimum atomic E-state index is -0.0871. The number of halogens is 1. The summed E-state index contributed by atoms with van der Waals surface area (Å²) in [5, 5.41) is 7.58. The van der Waals surface area contributed by atoms with Crippen molar-refractivity contribution in [1.29, 1.82) is 0 Å². The summed E-state index contributed by atoms with van der Waals surface area (Å²) in [6.45, 7) is 6.77. The van der Waals surface area contributed by atoms with Crippen LogP contribution in [0, 0.1) is 0 Å². The van der Waals surface area contributed by atoms with Crippen LogP contribution in [0.2, 0.25) is 0 Å². The van der Waals surface area contributed by atoms with Crippen LogP contribution < -0.4 is 11.1 Å². The van der Waals surface area contributed by atoms with Gasteiger partial charge in [0.1, 0.15) is 0 Å². The van der Waals surface area contributed by atoms with E-state index in [-0.39, 0.29) is 5.54 Å². The van der Waals surface area contributed by atoms with E-state index in [4.69, 9.17) is 5.73 Å². The van der Waals surface area contributed by atoms with Crippen LogP contribution in [0.1, 0.15) is 26.3 Å². The monoisotopic (exact) mass is 323 g/mol. The van der Waals surface area contributed by atoms with E-state index in [9.17, 15) is 0 Å². The predicted octanol–water partition coefficient (Wildman–Crippen LogP) is 2.88. The van der Waals surface area contributed by atoms with Crippen molar-refractivity contribution in [3.8, 4) is 0 Å². The highest BCUT2D eigenvalue weighted by molar-refractivity contribution is 9.10. The predicted molar refractivity (Wildman–Crippen MR) is 81.1 cm³/mol. The van der Waals surface area contributed by atoms with Crippen molar-refractivity contribution in [3.05, 3.63) is 34.3 Å². The smallest absolute Gasteiger partial charge is 0.244 e. The summed E-state index contributed by atoms with van der Waals surface area (Å²) in [4.78, 5) is 4.22. The highest BCUT2D eigenvalue weighted by Gasteiger charge is 2.14. The van der Waals surface area contributed by atoms with Gasteiger partial charge in [-0.15, -0.1) is 5.10 Å². The summed E-state index contributed by atoms with van der Waals surface area (Å²) < 4.78 is 2.75. The van der Waals surface area contributed by atoms with E-state index in [1.54, 1.807) is 4.68 Å². The van der Waals surface area contributed by atoms with Gasteiger partial charge in [0, 0.05) is 10.0 Å². The average Bonchev–Trinajstić information content (AvgIpc) is 2.60. The zero-order chi connectivity index (χ0) is 14.0. The van der Waals surface area contributed by atoms with Gasteiger partial charge in [-0.2, -0.15) is 4.98 Å². The number of nitrogens with one attached hydrogen (secondary N) is 1. The lowest BCUT2D eigenvalue weighted by Crippen LogP contribution is -2.26. The molecule has 0 amide bonds. The second-order valence-corrected chi connectivity index (χ2v) is 6.37. The quantitative estimate of drug-likeness (QED) is 0.911. The maximum Gasteiger partial charge on any atom is 0.244 e. The van der Waals surface area contributed by atoms with Crippen LogP contribution in [0.4, 0.5) is 11.9 Å². The number of nitrogens with two attached hydrogens (primary N) is 1. The fraction of sp³-hybridized carbons (Fsp3) is 0.385. The Morgan fingerprint density at radius 2 is 1.89 bits per heavy atom. The zero-order valence-electron chi connectivity index (χ0n) is 11.3. The molecule has 0 unspecified atom stereocenters. The molecular formula is C13H18BrN5. The standard InChI is InChI=1S/C13H18BrN5/c1-13(2,3)17-12-16-11(15)19(18-12)8-9-4-6-10(14)7-5-9/h4-7H,8H2,1-3H3,(H3,15,16,17,18). The van der Waals surface area contributed by atoms with Gasteiger partial charge in [-0.05, 0) is 38.5 Å². The Hall–Kier alpha value is -1.56. The Kier molecular flexibility index (Phi) is 3.80. The third kappa shape index (κ3) is 3.96. The van der Waals surface area contributed by atoms with Gasteiger partial charge in [-0.25, -0.2) is 4.68 Å². The number of nitrogen functional groups attached to an aromatic ring is 1. The van der Waals surface area contributed by atoms with Gasteiger partial charge in [-0.1, -0.05) is 28.1 Å². The number of hydrogen-bond donors (Lipinski definition) is 2. The summed E-state index contributed by atoms with van der Waals surface area (Å²) in [6, 6.07) is 8.05. The second-order valence-electron chi connectivity index (χ2n) is 5.45. The van der Waals surface area contributed by atoms with Gasteiger partial charge in [-0.3, -0.25) is 0 Å². The lowest BCUT2D eigenvalue weighted by atomic mass is 10.1. The van der Waals surface area contributed by atoms with Gasteiger partial charge in [0.25, 0.3) is 0 Å². The SMILES string of the molecule is CC(C)(C)Nc1nc(N)n(Cc2ccc(Br)cc2)n1. The molecule has 1 aromatic heterocycles. The first-order valence-electron chi connectivity index (χ1n) is 6.06. The lowest BCUT2D eigenvalue weighted by Gasteiger charge is -2.18. The molecule has 0 atom stereocenters. The Balaban J connectivity index is 2.15. The molecule has 19 heavy (non-hydrogen) atoms. The number of aromatic nitrogens is 3. The zero-order valence-corrected chi connectivity index (χ0v) is 12.9. The van der Waals surface area contributed by atoms with Crippen LogP contribution in [-0.2, 0) is 6.54 Å². The fourth-order valence-electron chi connectivity index (χ4n) is 1.62. The minimum Gasteiger partial charge on any atom is -0.368 e. The Bertz CT molecular complexity index is 553. The first-order valence-corrected chi connectivity index (χ1v) is 6.86. The largest absolute Gasteiger partial charge is 0.368 e. The first kappa shape index (κ1) is 13.9. The molecule has 0 saturated heterocycles. The second kappa shape index (κ2) is 5.21. The van der Waals surface area contributed by atoms with Crippen LogP contribution >= 0.6 is 15.9 Å². The maximum absolute atomic E-state index is 5.88. The third-order valence-corrected chi connectivity index (χ3v) is 2.96. The van der Waals surface area contributed by atoms with Gasteiger partial charge < -0.3 is 11.1 Å². The molecule has 5 nitrogen and oxygen atoms in total. The van der Waals surface area contributed by atoms with Crippen LogP contribution in [0.15, 0.2) is 28.7 Å². The molecule has 2 rings (SSSR count). The first-order chi connectivity index (χ1) is 8.83. The Labute approximate surface area is 121 Å². The summed E-state index contributed by atoms with van der Waals surface area (Å²) in [6.07, 6.45) is 0. The molecule has 6 heteroatoms. The summed E-state index contributed by atoms with van der Waals surface area (Å²) >= 11 is 3.41. The van der Waals surface area contributed by atoms with Gasteiger partial charge >= 0.3 is 0 Å². The number of anilines is 2. The van der Waals surface area contributed by atoms with Gasteiger partial charge in [0.2, 0.25) is 11.9 Å². The molecule has 3 N–H and O–H groups in total. The van der Waals surface area contributed by atoms with Crippen molar-refractivity contribution in [2.24, 2.45) is 0 Å². The number of benzene rings is 1. The number of hydrogen-bond acceptors (Lipinski definition) is 4. The van der Waals surface area contributed by atoms with Gasteiger partial charge in [0.05, 0.1) is 6.54 Å². The fourth-order valence-corrected chi connectivity index (χ4v) is 1.89. The number of rotatable bonds is 3. The molecule has 0 saturated carbocycles. The highest BCUT2D eigenvalue weighted by Crippen LogP contribution is 2.15. The minimum absolute atomic E-state index is 0.0871. The van der Waals surface area contributed by atoms with Crippen LogP contribution in [0.25, 0.3) is 0 Å². The van der Waals surface area contributed by atoms with E-state index in [0.717, 1.165) is 10.0 Å². The average molecular weight is 324 g/mol. The van der Waals surface area contributed by atoms with Crippen LogP contribution in [0.5, 0.6) is 0 Å². The summed E-state index contributed by atoms with van der Waals surface area (Å²) in [5.41, 5.74) is 6.92. The van der Waals surface area contributed by atoms with E-state index in [2.05, 4.69) is 52.1 Å². The highest BCUT2D eigenvalue weighted by atomic mass is 79.9. The van der Waals surface area contributed by atoms with Gasteiger partial charge in [0.15, 0.2) is 0 Å². The molecule has 0 aliphatic heterocycles. The van der Waals surface area contributed by atoms with Crippen LogP contribution in [-0.4, -0.2) is 20.3 Å². The van der Waals surface area contributed by atoms with Crippen molar-refractivity contribution in [1.82, 2.24) is 14.8 Å². The Morgan fingerprint density at radius 3 is 2.47 bits per heavy atom. The van der Waals surface area contributed by atoms with E-state index in [1.807, 2.05) is 24.3 Å². The molecule has 1 aromatic carbocycles. The lowest BCUT2D eigenvalue weighted by molar-refractivity contribution is 0.619. The van der Waals surface area contributed by atoms with E-state index in [1.165, 1.54) is 0 Å². The third-order valence-electron chi connectivity index (χ3n) is 2.43. The molecule has 0 aliphatic carbocycles. The molecule has 2 aromatic rings. The normalized spacial score (nSPS) is 11.6. The topological polar surface area (TPSA) is 68.8 Å². The van der Waals surface area contributed by atoms with Crippen LogP contribution in [0.3, 0.4) is 0 Å². The molecular weight excluding hydrogens is 306 g/mol. The molecule has 102 valence electrons. The van der Waals surface area contributed by atoms with Crippen molar-refractivity contribution in [3.63, 3.8) is 0 Å². The Morgan fingerprint density at radius 1 is 1.26 bits per heavy atom. The molecule has 0 bridgehead atoms. The van der Waals surface area contributed by atoms with E-state index >= 15 is 0 Å². The van der Waals surface area contributed by atoms with Crippen molar-refractivity contribution < 1.29 is 0 Å². The number of nitrogens with zero attached hydrogens (tertiary/aromatic N) is 3. The van der Waals surface area contributed by atoms with Crippen molar-refractivity contribution in [2.45, 2.75) is 32.9 Å². The van der Waals surface area contributed by atoms with E-state index < -0.39 is 0 Å². The molecule has 0 radical (unpaired) electrons. The maximum atomic E-state index is 5.88. The van der Waals surface area contributed by atoms with Crippen molar-refractivity contribution in [2.75, 3.05) is 11.1 Å². The van der Waals surface area contributed by atoms with E-state index in [0.29, 0.717) is 18.4 Å². The summed E-state index contributed by atoms with van der Waals surface area (Å²) in [5.74, 6) is 0.969. The summed E-state index contributed by atoms with van der Waals surface area (Å²) in [7, 11) is 0.